The van der Waals surface area contributed by atoms with Crippen LogP contribution in [0, 0.1) is 10.5 Å². The van der Waals surface area contributed by atoms with Gasteiger partial charge in [0.05, 0.1) is 11.5 Å². The van der Waals surface area contributed by atoms with Gasteiger partial charge in [0.1, 0.15) is 5.82 Å². The van der Waals surface area contributed by atoms with Gasteiger partial charge in [0, 0.05) is 21.6 Å². The number of benzene rings is 2. The third-order valence-corrected chi connectivity index (χ3v) is 6.87. The molecular formula is C22H23IN4OS2. The molecule has 0 atom stereocenters. The number of hydrogen-bond donors (Lipinski definition) is 1. The summed E-state index contributed by atoms with van der Waals surface area (Å²) in [6.45, 7) is 6.55. The molecule has 0 aliphatic heterocycles. The molecule has 0 spiro atoms. The van der Waals surface area contributed by atoms with Crippen molar-refractivity contribution < 1.29 is 4.79 Å². The van der Waals surface area contributed by atoms with Crippen molar-refractivity contribution in [2.75, 3.05) is 11.1 Å². The van der Waals surface area contributed by atoms with Crippen LogP contribution in [0.5, 0.6) is 0 Å². The third kappa shape index (κ3) is 6.88. The van der Waals surface area contributed by atoms with Gasteiger partial charge in [-0.3, -0.25) is 4.79 Å². The van der Waals surface area contributed by atoms with Gasteiger partial charge in [-0.2, -0.15) is 0 Å². The van der Waals surface area contributed by atoms with Gasteiger partial charge in [-0.25, -0.2) is 0 Å². The van der Waals surface area contributed by atoms with Crippen LogP contribution >= 0.6 is 46.1 Å². The topological polar surface area (TPSA) is 59.8 Å². The molecule has 0 radical (unpaired) electrons. The first kappa shape index (κ1) is 22.9. The molecule has 1 N–H and O–H groups in total. The van der Waals surface area contributed by atoms with Crippen molar-refractivity contribution in [3.8, 4) is 0 Å². The fourth-order valence-electron chi connectivity index (χ4n) is 2.65. The van der Waals surface area contributed by atoms with E-state index in [1.54, 1.807) is 11.8 Å². The van der Waals surface area contributed by atoms with E-state index < -0.39 is 0 Å². The number of thioether (sulfide) groups is 2. The van der Waals surface area contributed by atoms with E-state index in [1.807, 2.05) is 34.9 Å². The number of halogens is 1. The number of allylic oxidation sites excluding steroid dienone is 1. The normalized spacial score (nSPS) is 10.7. The number of carbonyl (C=O) groups is 1. The van der Waals surface area contributed by atoms with Crippen molar-refractivity contribution in [1.82, 2.24) is 14.8 Å². The van der Waals surface area contributed by atoms with Crippen LogP contribution in [0.15, 0.2) is 66.3 Å². The maximum absolute atomic E-state index is 12.3. The number of rotatable bonds is 10. The Morgan fingerprint density at radius 1 is 1.13 bits per heavy atom. The molecule has 8 heteroatoms. The van der Waals surface area contributed by atoms with Crippen molar-refractivity contribution in [3.63, 3.8) is 0 Å². The highest BCUT2D eigenvalue weighted by molar-refractivity contribution is 14.1. The van der Waals surface area contributed by atoms with E-state index >= 15 is 0 Å². The lowest BCUT2D eigenvalue weighted by Gasteiger charge is -2.08. The van der Waals surface area contributed by atoms with Crippen molar-refractivity contribution in [1.29, 1.82) is 0 Å². The van der Waals surface area contributed by atoms with Crippen molar-refractivity contribution in [2.24, 2.45) is 0 Å². The lowest BCUT2D eigenvalue weighted by molar-refractivity contribution is -0.113. The van der Waals surface area contributed by atoms with Crippen molar-refractivity contribution in [2.45, 2.75) is 30.1 Å². The number of hydrogen-bond acceptors (Lipinski definition) is 5. The van der Waals surface area contributed by atoms with Crippen LogP contribution in [0.3, 0.4) is 0 Å². The molecule has 5 nitrogen and oxygen atoms in total. The first-order chi connectivity index (χ1) is 14.5. The Labute approximate surface area is 199 Å². The van der Waals surface area contributed by atoms with E-state index in [4.69, 9.17) is 0 Å². The molecule has 0 aliphatic rings. The van der Waals surface area contributed by atoms with Gasteiger partial charge in [0.25, 0.3) is 0 Å². The highest BCUT2D eigenvalue weighted by Gasteiger charge is 2.14. The summed E-state index contributed by atoms with van der Waals surface area (Å²) >= 11 is 5.43. The molecule has 0 aliphatic carbocycles. The number of aryl methyl sites for hydroxylation is 1. The Morgan fingerprint density at radius 2 is 1.87 bits per heavy atom. The van der Waals surface area contributed by atoms with E-state index in [0.717, 1.165) is 31.7 Å². The summed E-state index contributed by atoms with van der Waals surface area (Å²) < 4.78 is 3.16. The summed E-state index contributed by atoms with van der Waals surface area (Å²) in [5.41, 5.74) is 3.35. The van der Waals surface area contributed by atoms with Gasteiger partial charge in [-0.15, -0.1) is 28.5 Å². The van der Waals surface area contributed by atoms with E-state index in [0.29, 0.717) is 6.54 Å². The van der Waals surface area contributed by atoms with Crippen LogP contribution in [0.25, 0.3) is 0 Å². The smallest absolute Gasteiger partial charge is 0.234 e. The van der Waals surface area contributed by atoms with E-state index in [2.05, 4.69) is 75.9 Å². The average Bonchev–Trinajstić information content (AvgIpc) is 3.12. The second-order valence-corrected chi connectivity index (χ2v) is 9.79. The van der Waals surface area contributed by atoms with Gasteiger partial charge in [-0.05, 0) is 59.3 Å². The SMILES string of the molecule is C=CCn1c(CSCc2ccc(C)cc2)nnc1SCC(=O)Nc1ccc(I)cc1. The summed E-state index contributed by atoms with van der Waals surface area (Å²) in [5.74, 6) is 2.78. The fraction of sp³-hybridized carbons (Fsp3) is 0.227. The summed E-state index contributed by atoms with van der Waals surface area (Å²) in [4.78, 5) is 12.3. The van der Waals surface area contributed by atoms with Gasteiger partial charge in [0.2, 0.25) is 5.91 Å². The number of anilines is 1. The molecule has 3 aromatic rings. The first-order valence-electron chi connectivity index (χ1n) is 9.39. The predicted molar refractivity (Wildman–Crippen MR) is 135 cm³/mol. The highest BCUT2D eigenvalue weighted by Crippen LogP contribution is 2.22. The summed E-state index contributed by atoms with van der Waals surface area (Å²) in [5, 5.41) is 12.3. The summed E-state index contributed by atoms with van der Waals surface area (Å²) in [6.07, 6.45) is 1.83. The van der Waals surface area contributed by atoms with E-state index in [9.17, 15) is 4.79 Å². The molecule has 30 heavy (non-hydrogen) atoms. The average molecular weight is 550 g/mol. The minimum absolute atomic E-state index is 0.0651. The fourth-order valence-corrected chi connectivity index (χ4v) is 4.70. The molecule has 1 heterocycles. The maximum Gasteiger partial charge on any atom is 0.234 e. The molecular weight excluding hydrogens is 527 g/mol. The van der Waals surface area contributed by atoms with Crippen LogP contribution < -0.4 is 5.32 Å². The van der Waals surface area contributed by atoms with Crippen LogP contribution in [0.2, 0.25) is 0 Å². The molecule has 2 aromatic carbocycles. The summed E-state index contributed by atoms with van der Waals surface area (Å²) in [7, 11) is 0. The molecule has 3 rings (SSSR count). The third-order valence-electron chi connectivity index (χ3n) is 4.19. The molecule has 0 saturated heterocycles. The Kier molecular flexibility index (Phi) is 8.83. The zero-order chi connectivity index (χ0) is 21.3. The number of aromatic nitrogens is 3. The molecule has 0 bridgehead atoms. The highest BCUT2D eigenvalue weighted by atomic mass is 127. The Hall–Kier alpha value is -1.78. The van der Waals surface area contributed by atoms with Crippen LogP contribution in [-0.2, 0) is 22.8 Å². The predicted octanol–water partition coefficient (Wildman–Crippen LogP) is 5.54. The largest absolute Gasteiger partial charge is 0.325 e. The van der Waals surface area contributed by atoms with Gasteiger partial charge < -0.3 is 9.88 Å². The van der Waals surface area contributed by atoms with Crippen LogP contribution in [0.1, 0.15) is 17.0 Å². The number of carbonyl (C=O) groups excluding carboxylic acids is 1. The lowest BCUT2D eigenvalue weighted by atomic mass is 10.2. The van der Waals surface area contributed by atoms with E-state index in [-0.39, 0.29) is 11.7 Å². The van der Waals surface area contributed by atoms with E-state index in [1.165, 1.54) is 22.9 Å². The van der Waals surface area contributed by atoms with Crippen molar-refractivity contribution >= 4 is 57.7 Å². The molecule has 156 valence electrons. The Morgan fingerprint density at radius 3 is 2.57 bits per heavy atom. The monoisotopic (exact) mass is 550 g/mol. The second kappa shape index (κ2) is 11.6. The molecule has 0 fully saturated rings. The molecule has 0 saturated carbocycles. The number of nitrogens with zero attached hydrogens (tertiary/aromatic N) is 3. The van der Waals surface area contributed by atoms with Gasteiger partial charge in [0.15, 0.2) is 5.16 Å². The quantitative estimate of drug-likeness (QED) is 0.204. The van der Waals surface area contributed by atoms with Crippen LogP contribution in [0.4, 0.5) is 5.69 Å². The minimum atomic E-state index is -0.0651. The first-order valence-corrected chi connectivity index (χ1v) is 12.6. The summed E-state index contributed by atoms with van der Waals surface area (Å²) in [6, 6.07) is 16.3. The maximum atomic E-state index is 12.3. The Bertz CT molecular complexity index is 987. The standard InChI is InChI=1S/C22H23IN4OS2/c1-3-12-27-20(14-29-13-17-6-4-16(2)5-7-17)25-26-22(27)30-15-21(28)24-19-10-8-18(23)9-11-19/h3-11H,1,12-15H2,2H3,(H,24,28). The zero-order valence-corrected chi connectivity index (χ0v) is 20.5. The zero-order valence-electron chi connectivity index (χ0n) is 16.7. The number of nitrogens with one attached hydrogen (secondary N) is 1. The second-order valence-electron chi connectivity index (χ2n) is 6.62. The van der Waals surface area contributed by atoms with Gasteiger partial charge >= 0.3 is 0 Å². The van der Waals surface area contributed by atoms with Crippen molar-refractivity contribution in [3.05, 3.63) is 81.7 Å². The molecule has 0 unspecified atom stereocenters. The lowest BCUT2D eigenvalue weighted by Crippen LogP contribution is -2.14. The van der Waals surface area contributed by atoms with Gasteiger partial charge in [-0.1, -0.05) is 47.7 Å². The minimum Gasteiger partial charge on any atom is -0.325 e. The Balaban J connectivity index is 1.55. The molecule has 1 amide bonds. The van der Waals surface area contributed by atoms with Crippen LogP contribution in [-0.4, -0.2) is 26.4 Å². The molecule has 1 aromatic heterocycles. The number of amides is 1.